The number of hydrogen-bond acceptors (Lipinski definition) is 6. The predicted octanol–water partition coefficient (Wildman–Crippen LogP) is 3.27. The van der Waals surface area contributed by atoms with E-state index in [9.17, 15) is 14.0 Å². The van der Waals surface area contributed by atoms with Crippen molar-refractivity contribution in [1.82, 2.24) is 9.97 Å². The molecule has 8 heteroatoms. The Morgan fingerprint density at radius 3 is 2.54 bits per heavy atom. The number of nitrogens with one attached hydrogen (secondary N) is 2. The molecule has 0 fully saturated rings. The molecular formula is C20H17FN4O3. The first-order valence-electron chi connectivity index (χ1n) is 8.35. The molecule has 0 unspecified atom stereocenters. The molecule has 28 heavy (non-hydrogen) atoms. The number of aromatic nitrogens is 2. The molecule has 7 nitrogen and oxygen atoms in total. The molecule has 1 amide bonds. The van der Waals surface area contributed by atoms with Crippen LogP contribution in [0.4, 0.5) is 15.9 Å². The van der Waals surface area contributed by atoms with Crippen molar-refractivity contribution in [3.63, 3.8) is 0 Å². The van der Waals surface area contributed by atoms with E-state index in [1.807, 2.05) is 0 Å². The third-order valence-electron chi connectivity index (χ3n) is 3.81. The maximum atomic E-state index is 12.9. The van der Waals surface area contributed by atoms with Crippen molar-refractivity contribution in [3.8, 4) is 0 Å². The number of methoxy groups -OCH3 is 1. The van der Waals surface area contributed by atoms with Crippen LogP contribution < -0.4 is 10.6 Å². The van der Waals surface area contributed by atoms with Crippen LogP contribution in [0.5, 0.6) is 0 Å². The van der Waals surface area contributed by atoms with Gasteiger partial charge in [0, 0.05) is 12.2 Å². The Balaban J connectivity index is 1.60. The number of rotatable bonds is 6. The van der Waals surface area contributed by atoms with Gasteiger partial charge in [-0.3, -0.25) is 4.79 Å². The van der Waals surface area contributed by atoms with Gasteiger partial charge in [0.25, 0.3) is 5.91 Å². The van der Waals surface area contributed by atoms with Gasteiger partial charge in [-0.15, -0.1) is 0 Å². The second-order valence-electron chi connectivity index (χ2n) is 5.79. The number of carbonyl (C=O) groups excluding carboxylic acids is 2. The van der Waals surface area contributed by atoms with Crippen LogP contribution in [-0.4, -0.2) is 29.0 Å². The van der Waals surface area contributed by atoms with E-state index < -0.39 is 11.9 Å². The zero-order valence-corrected chi connectivity index (χ0v) is 15.0. The molecule has 2 aromatic carbocycles. The number of carbonyl (C=O) groups is 2. The van der Waals surface area contributed by atoms with Gasteiger partial charge in [-0.1, -0.05) is 18.2 Å². The molecule has 2 N–H and O–H groups in total. The molecule has 0 aliphatic rings. The van der Waals surface area contributed by atoms with E-state index in [2.05, 4.69) is 25.3 Å². The number of anilines is 2. The van der Waals surface area contributed by atoms with Crippen LogP contribution in [0.25, 0.3) is 0 Å². The average Bonchev–Trinajstić information content (AvgIpc) is 2.73. The summed E-state index contributed by atoms with van der Waals surface area (Å²) >= 11 is 0. The zero-order valence-electron chi connectivity index (χ0n) is 15.0. The molecule has 3 rings (SSSR count). The number of amides is 1. The van der Waals surface area contributed by atoms with Gasteiger partial charge in [0.2, 0.25) is 0 Å². The molecule has 0 spiro atoms. The summed E-state index contributed by atoms with van der Waals surface area (Å²) in [4.78, 5) is 32.1. The largest absolute Gasteiger partial charge is 0.465 e. The topological polar surface area (TPSA) is 93.2 Å². The van der Waals surface area contributed by atoms with E-state index in [0.717, 1.165) is 5.56 Å². The Hall–Kier alpha value is -3.81. The highest BCUT2D eigenvalue weighted by Crippen LogP contribution is 2.13. The third-order valence-corrected chi connectivity index (χ3v) is 3.81. The van der Waals surface area contributed by atoms with Gasteiger partial charge < -0.3 is 15.4 Å². The summed E-state index contributed by atoms with van der Waals surface area (Å²) in [5, 5.41) is 5.70. The van der Waals surface area contributed by atoms with Crippen LogP contribution in [0.2, 0.25) is 0 Å². The smallest absolute Gasteiger partial charge is 0.337 e. The Bertz CT molecular complexity index is 976. The molecule has 1 heterocycles. The predicted molar refractivity (Wildman–Crippen MR) is 101 cm³/mol. The van der Waals surface area contributed by atoms with Crippen molar-refractivity contribution in [2.75, 3.05) is 17.7 Å². The summed E-state index contributed by atoms with van der Waals surface area (Å²) in [6.45, 7) is 0.445. The number of nitrogens with zero attached hydrogens (tertiary/aromatic N) is 2. The van der Waals surface area contributed by atoms with Crippen LogP contribution >= 0.6 is 0 Å². The number of hydrogen-bond donors (Lipinski definition) is 2. The van der Waals surface area contributed by atoms with E-state index in [1.165, 1.54) is 37.7 Å². The average molecular weight is 380 g/mol. The second-order valence-corrected chi connectivity index (χ2v) is 5.79. The Morgan fingerprint density at radius 1 is 1.07 bits per heavy atom. The van der Waals surface area contributed by atoms with Crippen molar-refractivity contribution >= 4 is 23.4 Å². The number of ether oxygens (including phenoxy) is 1. The van der Waals surface area contributed by atoms with Crippen LogP contribution in [0.15, 0.2) is 60.9 Å². The summed E-state index contributed by atoms with van der Waals surface area (Å²) in [6.07, 6.45) is 2.77. The summed E-state index contributed by atoms with van der Waals surface area (Å²) in [5.74, 6) is -0.767. The van der Waals surface area contributed by atoms with E-state index in [0.29, 0.717) is 23.6 Å². The molecule has 0 aliphatic carbocycles. The molecule has 3 aromatic rings. The molecule has 0 saturated carbocycles. The Labute approximate surface area is 160 Å². The number of halogens is 1. The highest BCUT2D eigenvalue weighted by atomic mass is 19.1. The highest BCUT2D eigenvalue weighted by molar-refractivity contribution is 6.03. The number of esters is 1. The van der Waals surface area contributed by atoms with Crippen LogP contribution in [0.1, 0.15) is 26.4 Å². The fourth-order valence-corrected chi connectivity index (χ4v) is 2.37. The van der Waals surface area contributed by atoms with Crippen molar-refractivity contribution in [1.29, 1.82) is 0 Å². The summed E-state index contributed by atoms with van der Waals surface area (Å²) in [6, 6.07) is 12.5. The second kappa shape index (κ2) is 8.72. The highest BCUT2D eigenvalue weighted by Gasteiger charge is 2.11. The van der Waals surface area contributed by atoms with Gasteiger partial charge in [-0.05, 0) is 35.9 Å². The first-order chi connectivity index (χ1) is 13.5. The molecular weight excluding hydrogens is 363 g/mol. The van der Waals surface area contributed by atoms with Gasteiger partial charge in [0.1, 0.15) is 17.3 Å². The Morgan fingerprint density at radius 2 is 1.86 bits per heavy atom. The fourth-order valence-electron chi connectivity index (χ4n) is 2.37. The van der Waals surface area contributed by atoms with E-state index >= 15 is 0 Å². The molecule has 0 aliphatic heterocycles. The lowest BCUT2D eigenvalue weighted by atomic mass is 10.2. The lowest BCUT2D eigenvalue weighted by Gasteiger charge is -2.08. The Kier molecular flexibility index (Phi) is 5.91. The first-order valence-corrected chi connectivity index (χ1v) is 8.35. The summed E-state index contributed by atoms with van der Waals surface area (Å²) in [5.41, 5.74) is 1.77. The van der Waals surface area contributed by atoms with E-state index in [4.69, 9.17) is 0 Å². The third kappa shape index (κ3) is 4.88. The van der Waals surface area contributed by atoms with Crippen LogP contribution in [0.3, 0.4) is 0 Å². The van der Waals surface area contributed by atoms with Gasteiger partial charge in [0.15, 0.2) is 0 Å². The van der Waals surface area contributed by atoms with E-state index in [-0.39, 0.29) is 11.5 Å². The van der Waals surface area contributed by atoms with Gasteiger partial charge in [-0.25, -0.2) is 19.2 Å². The van der Waals surface area contributed by atoms with E-state index in [1.54, 1.807) is 30.3 Å². The zero-order chi connectivity index (χ0) is 19.9. The minimum atomic E-state index is -0.493. The SMILES string of the molecule is COC(=O)c1cccc(NC(=O)c2cnc(NCc3ccc(F)cc3)cn2)c1. The normalized spacial score (nSPS) is 10.2. The molecule has 142 valence electrons. The standard InChI is InChI=1S/C20H17FN4O3/c1-28-20(27)14-3-2-4-16(9-14)25-19(26)17-11-24-18(12-22-17)23-10-13-5-7-15(21)8-6-13/h2-9,11-12H,10H2,1H3,(H,23,24)(H,25,26). The van der Waals surface area contributed by atoms with Gasteiger partial charge in [0.05, 0.1) is 25.1 Å². The summed E-state index contributed by atoms with van der Waals surface area (Å²) < 4.78 is 17.6. The monoisotopic (exact) mass is 380 g/mol. The first kappa shape index (κ1) is 19.0. The van der Waals surface area contributed by atoms with Gasteiger partial charge >= 0.3 is 5.97 Å². The molecule has 0 atom stereocenters. The molecule has 0 bridgehead atoms. The lowest BCUT2D eigenvalue weighted by Crippen LogP contribution is -2.15. The minimum Gasteiger partial charge on any atom is -0.465 e. The summed E-state index contributed by atoms with van der Waals surface area (Å²) in [7, 11) is 1.29. The lowest BCUT2D eigenvalue weighted by molar-refractivity contribution is 0.0600. The fraction of sp³-hybridized carbons (Fsp3) is 0.100. The van der Waals surface area contributed by atoms with Crippen LogP contribution in [-0.2, 0) is 11.3 Å². The molecule has 0 radical (unpaired) electrons. The van der Waals surface area contributed by atoms with Crippen molar-refractivity contribution in [3.05, 3.63) is 83.6 Å². The quantitative estimate of drug-likeness (QED) is 0.638. The van der Waals surface area contributed by atoms with Crippen LogP contribution in [0, 0.1) is 5.82 Å². The molecule has 0 saturated heterocycles. The maximum Gasteiger partial charge on any atom is 0.337 e. The van der Waals surface area contributed by atoms with Crippen molar-refractivity contribution in [2.24, 2.45) is 0 Å². The number of benzene rings is 2. The minimum absolute atomic E-state index is 0.121. The maximum absolute atomic E-state index is 12.9. The van der Waals surface area contributed by atoms with Crippen molar-refractivity contribution in [2.45, 2.75) is 6.54 Å². The van der Waals surface area contributed by atoms with Gasteiger partial charge in [-0.2, -0.15) is 0 Å². The molecule has 1 aromatic heterocycles. The van der Waals surface area contributed by atoms with Crippen molar-refractivity contribution < 1.29 is 18.7 Å².